The quantitative estimate of drug-likeness (QED) is 0.733. The first-order valence-corrected chi connectivity index (χ1v) is 7.61. The number of esters is 1. The Hall–Kier alpha value is -2.13. The van der Waals surface area contributed by atoms with Crippen LogP contribution in [0.3, 0.4) is 0 Å². The zero-order valence-corrected chi connectivity index (χ0v) is 13.1. The lowest BCUT2D eigenvalue weighted by Gasteiger charge is -2.32. The van der Waals surface area contributed by atoms with Crippen LogP contribution in [0, 0.1) is 0 Å². The maximum atomic E-state index is 12.9. The summed E-state index contributed by atoms with van der Waals surface area (Å²) in [5.41, 5.74) is 0.829. The van der Waals surface area contributed by atoms with Crippen LogP contribution in [0.1, 0.15) is 25.0 Å². The van der Waals surface area contributed by atoms with Crippen LogP contribution in [-0.2, 0) is 19.7 Å². The molecule has 0 spiro atoms. The Bertz CT molecular complexity index is 539. The van der Waals surface area contributed by atoms with Gasteiger partial charge < -0.3 is 9.47 Å². The predicted molar refractivity (Wildman–Crippen MR) is 86.8 cm³/mol. The maximum Gasteiger partial charge on any atom is 0.323 e. The standard InChI is InChI=1S/C19H22O3/c1-3-21-15-19(18(20)22-4-2,16-11-7-5-8-12-16)17-13-9-6-10-14-17/h5-14H,3-4,15H2,1-2H3. The van der Waals surface area contributed by atoms with E-state index in [1.165, 1.54) is 0 Å². The zero-order valence-electron chi connectivity index (χ0n) is 13.1. The Kier molecular flexibility index (Phi) is 5.73. The van der Waals surface area contributed by atoms with E-state index in [0.717, 1.165) is 11.1 Å². The van der Waals surface area contributed by atoms with Gasteiger partial charge >= 0.3 is 5.97 Å². The molecule has 3 nitrogen and oxygen atoms in total. The Labute approximate surface area is 131 Å². The summed E-state index contributed by atoms with van der Waals surface area (Å²) in [7, 11) is 0. The minimum absolute atomic E-state index is 0.260. The molecule has 0 aliphatic carbocycles. The van der Waals surface area contributed by atoms with Gasteiger partial charge in [-0.2, -0.15) is 0 Å². The van der Waals surface area contributed by atoms with E-state index < -0.39 is 5.41 Å². The summed E-state index contributed by atoms with van der Waals surface area (Å²) in [5.74, 6) is -0.277. The highest BCUT2D eigenvalue weighted by atomic mass is 16.5. The molecule has 0 N–H and O–H groups in total. The minimum atomic E-state index is -0.936. The van der Waals surface area contributed by atoms with Crippen molar-refractivity contribution in [3.63, 3.8) is 0 Å². The highest BCUT2D eigenvalue weighted by Gasteiger charge is 2.43. The molecule has 2 aromatic carbocycles. The third kappa shape index (κ3) is 3.20. The van der Waals surface area contributed by atoms with E-state index in [9.17, 15) is 4.79 Å². The van der Waals surface area contributed by atoms with Gasteiger partial charge in [0, 0.05) is 6.61 Å². The molecule has 0 heterocycles. The van der Waals surface area contributed by atoms with Gasteiger partial charge in [0.05, 0.1) is 13.2 Å². The van der Waals surface area contributed by atoms with E-state index in [2.05, 4.69) is 0 Å². The average Bonchev–Trinajstić information content (AvgIpc) is 2.58. The first kappa shape index (κ1) is 16.2. The molecule has 0 aromatic heterocycles. The number of hydrogen-bond donors (Lipinski definition) is 0. The number of ether oxygens (including phenoxy) is 2. The molecule has 0 bridgehead atoms. The molecule has 0 atom stereocenters. The SMILES string of the molecule is CCOCC(C(=O)OCC)(c1ccccc1)c1ccccc1. The van der Waals surface area contributed by atoms with Gasteiger partial charge in [0.1, 0.15) is 5.41 Å². The normalized spacial score (nSPS) is 11.2. The second-order valence-electron chi connectivity index (χ2n) is 4.99. The second-order valence-corrected chi connectivity index (χ2v) is 4.99. The van der Waals surface area contributed by atoms with Crippen LogP contribution in [0.25, 0.3) is 0 Å². The monoisotopic (exact) mass is 298 g/mol. The number of benzene rings is 2. The van der Waals surface area contributed by atoms with Gasteiger partial charge in [-0.05, 0) is 25.0 Å². The Morgan fingerprint density at radius 2 is 1.36 bits per heavy atom. The minimum Gasteiger partial charge on any atom is -0.465 e. The molecule has 0 fully saturated rings. The number of rotatable bonds is 7. The molecule has 2 aromatic rings. The van der Waals surface area contributed by atoms with Crippen molar-refractivity contribution >= 4 is 5.97 Å². The smallest absolute Gasteiger partial charge is 0.323 e. The summed E-state index contributed by atoms with van der Waals surface area (Å²) in [6, 6.07) is 19.4. The summed E-state index contributed by atoms with van der Waals surface area (Å²) in [6.07, 6.45) is 0. The summed E-state index contributed by atoms with van der Waals surface area (Å²) in [6.45, 7) is 4.88. The van der Waals surface area contributed by atoms with Crippen LogP contribution < -0.4 is 0 Å². The number of carbonyl (C=O) groups excluding carboxylic acids is 1. The van der Waals surface area contributed by atoms with E-state index in [1.54, 1.807) is 0 Å². The summed E-state index contributed by atoms with van der Waals surface area (Å²) in [5, 5.41) is 0. The fraction of sp³-hybridized carbons (Fsp3) is 0.316. The van der Waals surface area contributed by atoms with Crippen LogP contribution in [0.2, 0.25) is 0 Å². The number of hydrogen-bond acceptors (Lipinski definition) is 3. The lowest BCUT2D eigenvalue weighted by atomic mass is 9.75. The Morgan fingerprint density at radius 1 is 0.864 bits per heavy atom. The molecular formula is C19H22O3. The molecule has 0 saturated carbocycles. The van der Waals surface area contributed by atoms with Gasteiger partial charge in [0.2, 0.25) is 0 Å². The van der Waals surface area contributed by atoms with Crippen LogP contribution in [-0.4, -0.2) is 25.8 Å². The molecule has 3 heteroatoms. The van der Waals surface area contributed by atoms with E-state index >= 15 is 0 Å². The van der Waals surface area contributed by atoms with Crippen molar-refractivity contribution in [3.05, 3.63) is 71.8 Å². The van der Waals surface area contributed by atoms with Gasteiger partial charge in [-0.1, -0.05) is 60.7 Å². The first-order chi connectivity index (χ1) is 10.8. The van der Waals surface area contributed by atoms with Crippen molar-refractivity contribution in [2.75, 3.05) is 19.8 Å². The fourth-order valence-electron chi connectivity index (χ4n) is 2.58. The van der Waals surface area contributed by atoms with E-state index in [1.807, 2.05) is 74.5 Å². The highest BCUT2D eigenvalue weighted by Crippen LogP contribution is 2.34. The van der Waals surface area contributed by atoms with Gasteiger partial charge in [0.15, 0.2) is 0 Å². The molecular weight excluding hydrogens is 276 g/mol. The highest BCUT2D eigenvalue weighted by molar-refractivity contribution is 5.88. The molecule has 0 amide bonds. The van der Waals surface area contributed by atoms with Crippen LogP contribution in [0.15, 0.2) is 60.7 Å². The Balaban J connectivity index is 2.60. The molecule has 0 saturated heterocycles. The topological polar surface area (TPSA) is 35.5 Å². The van der Waals surface area contributed by atoms with Crippen LogP contribution >= 0.6 is 0 Å². The second kappa shape index (κ2) is 7.76. The molecule has 116 valence electrons. The van der Waals surface area contributed by atoms with Crippen molar-refractivity contribution in [3.8, 4) is 0 Å². The summed E-state index contributed by atoms with van der Waals surface area (Å²) < 4.78 is 11.1. The van der Waals surface area contributed by atoms with Gasteiger partial charge in [-0.15, -0.1) is 0 Å². The zero-order chi connectivity index (χ0) is 15.8. The third-order valence-corrected chi connectivity index (χ3v) is 3.68. The molecule has 0 unspecified atom stereocenters. The molecule has 0 aliphatic rings. The largest absolute Gasteiger partial charge is 0.465 e. The van der Waals surface area contributed by atoms with Crippen LogP contribution in [0.5, 0.6) is 0 Å². The van der Waals surface area contributed by atoms with Crippen molar-refractivity contribution in [1.82, 2.24) is 0 Å². The van der Waals surface area contributed by atoms with Crippen molar-refractivity contribution in [2.24, 2.45) is 0 Å². The number of carbonyl (C=O) groups is 1. The lowest BCUT2D eigenvalue weighted by molar-refractivity contribution is -0.150. The third-order valence-electron chi connectivity index (χ3n) is 3.68. The van der Waals surface area contributed by atoms with Crippen LogP contribution in [0.4, 0.5) is 0 Å². The first-order valence-electron chi connectivity index (χ1n) is 7.61. The van der Waals surface area contributed by atoms with Crippen molar-refractivity contribution < 1.29 is 14.3 Å². The van der Waals surface area contributed by atoms with E-state index in [4.69, 9.17) is 9.47 Å². The van der Waals surface area contributed by atoms with E-state index in [0.29, 0.717) is 13.2 Å². The van der Waals surface area contributed by atoms with E-state index in [-0.39, 0.29) is 12.6 Å². The van der Waals surface area contributed by atoms with Gasteiger partial charge in [0.25, 0.3) is 0 Å². The van der Waals surface area contributed by atoms with Gasteiger partial charge in [-0.25, -0.2) is 0 Å². The lowest BCUT2D eigenvalue weighted by Crippen LogP contribution is -2.43. The fourth-order valence-corrected chi connectivity index (χ4v) is 2.58. The maximum absolute atomic E-state index is 12.9. The van der Waals surface area contributed by atoms with Crippen molar-refractivity contribution in [1.29, 1.82) is 0 Å². The molecule has 2 rings (SSSR count). The van der Waals surface area contributed by atoms with Gasteiger partial charge in [-0.3, -0.25) is 4.79 Å². The van der Waals surface area contributed by atoms with Crippen molar-refractivity contribution in [2.45, 2.75) is 19.3 Å². The molecule has 22 heavy (non-hydrogen) atoms. The summed E-state index contributed by atoms with van der Waals surface area (Å²) in [4.78, 5) is 12.9. The predicted octanol–water partition coefficient (Wildman–Crippen LogP) is 3.57. The Morgan fingerprint density at radius 3 is 1.77 bits per heavy atom. The molecule has 0 aliphatic heterocycles. The molecule has 0 radical (unpaired) electrons. The summed E-state index contributed by atoms with van der Waals surface area (Å²) >= 11 is 0. The average molecular weight is 298 g/mol.